The number of ether oxygens (including phenoxy) is 3. The van der Waals surface area contributed by atoms with Gasteiger partial charge in [0.05, 0.1) is 26.0 Å². The van der Waals surface area contributed by atoms with Crippen LogP contribution in [0.1, 0.15) is 48.7 Å². The highest BCUT2D eigenvalue weighted by Gasteiger charge is 2.23. The van der Waals surface area contributed by atoms with Gasteiger partial charge in [0.25, 0.3) is 0 Å². The van der Waals surface area contributed by atoms with Gasteiger partial charge in [-0.2, -0.15) is 0 Å². The van der Waals surface area contributed by atoms with Gasteiger partial charge in [-0.15, -0.1) is 0 Å². The molecule has 0 saturated heterocycles. The lowest BCUT2D eigenvalue weighted by Crippen LogP contribution is -2.37. The number of nitrogens with two attached hydrogens (primary N) is 1. The van der Waals surface area contributed by atoms with Crippen LogP contribution in [0.5, 0.6) is 5.75 Å². The van der Waals surface area contributed by atoms with E-state index in [4.69, 9.17) is 19.9 Å². The number of hydrogen-bond donors (Lipinski definition) is 2. The van der Waals surface area contributed by atoms with E-state index in [1.807, 2.05) is 30.3 Å². The molecular weight excluding hydrogens is 440 g/mol. The Morgan fingerprint density at radius 1 is 1.03 bits per heavy atom. The first-order valence-electron chi connectivity index (χ1n) is 10.7. The van der Waals surface area contributed by atoms with Crippen molar-refractivity contribution in [3.63, 3.8) is 0 Å². The highest BCUT2D eigenvalue weighted by Crippen LogP contribution is 2.22. The summed E-state index contributed by atoms with van der Waals surface area (Å²) in [5, 5.41) is 2.14. The van der Waals surface area contributed by atoms with E-state index < -0.39 is 35.4 Å². The molecular formula is C25H30N2O7. The van der Waals surface area contributed by atoms with Crippen LogP contribution in [0.3, 0.4) is 0 Å². The molecule has 9 nitrogen and oxygen atoms in total. The Balaban J connectivity index is 1.96. The molecule has 2 rings (SSSR count). The summed E-state index contributed by atoms with van der Waals surface area (Å²) in [7, 11) is 1.39. The number of methoxy groups -OCH3 is 1. The number of amides is 2. The standard InChI is InChI=1S/C25H30N2O7/c1-25(2,3)34-24(31)27-21(28)13-17-10-11-18(12-20(17)32-4)23(30)19(26)14-22(29)33-15-16-8-6-5-7-9-16/h5-12,19H,13-15,26H2,1-4H3,(H,27,28,31)/t19-/m0/s1. The molecule has 0 bridgehead atoms. The number of ketones is 1. The largest absolute Gasteiger partial charge is 0.496 e. The van der Waals surface area contributed by atoms with Gasteiger partial charge in [0.2, 0.25) is 5.91 Å². The zero-order chi connectivity index (χ0) is 25.3. The van der Waals surface area contributed by atoms with Gasteiger partial charge in [0.15, 0.2) is 5.78 Å². The SMILES string of the molecule is COc1cc(C(=O)[C@@H](N)CC(=O)OCc2ccccc2)ccc1CC(=O)NC(=O)OC(C)(C)C. The molecule has 0 fully saturated rings. The molecule has 0 spiro atoms. The van der Waals surface area contributed by atoms with E-state index >= 15 is 0 Å². The topological polar surface area (TPSA) is 134 Å². The summed E-state index contributed by atoms with van der Waals surface area (Å²) in [6.45, 7) is 5.14. The second kappa shape index (κ2) is 11.9. The van der Waals surface area contributed by atoms with E-state index in [-0.39, 0.29) is 30.8 Å². The lowest BCUT2D eigenvalue weighted by molar-refractivity contribution is -0.145. The van der Waals surface area contributed by atoms with Crippen LogP contribution in [0.25, 0.3) is 0 Å². The number of nitrogens with one attached hydrogen (secondary N) is 1. The Morgan fingerprint density at radius 2 is 1.71 bits per heavy atom. The summed E-state index contributed by atoms with van der Waals surface area (Å²) < 4.78 is 15.5. The second-order valence-corrected chi connectivity index (χ2v) is 8.57. The van der Waals surface area contributed by atoms with E-state index in [2.05, 4.69) is 5.32 Å². The van der Waals surface area contributed by atoms with Crippen LogP contribution < -0.4 is 15.8 Å². The number of benzene rings is 2. The summed E-state index contributed by atoms with van der Waals surface area (Å²) in [5.41, 5.74) is 6.69. The first kappa shape index (κ1) is 26.5. The van der Waals surface area contributed by atoms with Crippen molar-refractivity contribution >= 4 is 23.8 Å². The number of Topliss-reactive ketones (excluding diaryl/α,β-unsaturated/α-hetero) is 1. The number of carbonyl (C=O) groups is 4. The van der Waals surface area contributed by atoms with E-state index in [0.717, 1.165) is 5.56 Å². The number of rotatable bonds is 9. The van der Waals surface area contributed by atoms with Crippen LogP contribution in [0.2, 0.25) is 0 Å². The van der Waals surface area contributed by atoms with E-state index in [1.165, 1.54) is 25.3 Å². The van der Waals surface area contributed by atoms with Crippen molar-refractivity contribution < 1.29 is 33.4 Å². The first-order valence-corrected chi connectivity index (χ1v) is 10.7. The van der Waals surface area contributed by atoms with Crippen LogP contribution in [-0.2, 0) is 32.1 Å². The first-order chi connectivity index (χ1) is 16.0. The van der Waals surface area contributed by atoms with Gasteiger partial charge in [-0.05, 0) is 32.4 Å². The number of alkyl carbamates (subject to hydrolysis) is 1. The third-order valence-corrected chi connectivity index (χ3v) is 4.53. The molecule has 3 N–H and O–H groups in total. The van der Waals surface area contributed by atoms with Crippen molar-refractivity contribution in [2.24, 2.45) is 5.73 Å². The fourth-order valence-electron chi connectivity index (χ4n) is 2.96. The fourth-order valence-corrected chi connectivity index (χ4v) is 2.96. The van der Waals surface area contributed by atoms with Crippen LogP contribution in [-0.4, -0.2) is 42.5 Å². The lowest BCUT2D eigenvalue weighted by Gasteiger charge is -2.19. The maximum atomic E-state index is 12.7. The zero-order valence-electron chi connectivity index (χ0n) is 19.8. The maximum Gasteiger partial charge on any atom is 0.414 e. The molecule has 182 valence electrons. The summed E-state index contributed by atoms with van der Waals surface area (Å²) in [4.78, 5) is 48.7. The number of hydrogen-bond acceptors (Lipinski definition) is 8. The molecule has 0 heterocycles. The Hall–Kier alpha value is -3.72. The van der Waals surface area contributed by atoms with Crippen molar-refractivity contribution in [2.45, 2.75) is 51.9 Å². The summed E-state index contributed by atoms with van der Waals surface area (Å²) in [6.07, 6.45) is -1.31. The van der Waals surface area contributed by atoms with Crippen LogP contribution in [0.4, 0.5) is 4.79 Å². The normalized spacial score (nSPS) is 11.8. The van der Waals surface area contributed by atoms with Gasteiger partial charge in [-0.25, -0.2) is 4.79 Å². The predicted octanol–water partition coefficient (Wildman–Crippen LogP) is 2.93. The smallest absolute Gasteiger partial charge is 0.414 e. The van der Waals surface area contributed by atoms with Crippen LogP contribution in [0, 0.1) is 0 Å². The number of carbonyl (C=O) groups excluding carboxylic acids is 4. The van der Waals surface area contributed by atoms with Gasteiger partial charge < -0.3 is 19.9 Å². The molecule has 0 aliphatic carbocycles. The van der Waals surface area contributed by atoms with Crippen molar-refractivity contribution in [1.82, 2.24) is 5.32 Å². The molecule has 1 atom stereocenters. The van der Waals surface area contributed by atoms with Gasteiger partial charge in [0, 0.05) is 11.1 Å². The average Bonchev–Trinajstić information content (AvgIpc) is 2.76. The molecule has 2 aromatic rings. The van der Waals surface area contributed by atoms with Gasteiger partial charge >= 0.3 is 12.1 Å². The van der Waals surface area contributed by atoms with Crippen LogP contribution in [0.15, 0.2) is 48.5 Å². The Kier molecular flexibility index (Phi) is 9.32. The summed E-state index contributed by atoms with van der Waals surface area (Å²) in [5.74, 6) is -1.39. The molecule has 0 unspecified atom stereocenters. The third-order valence-electron chi connectivity index (χ3n) is 4.53. The summed E-state index contributed by atoms with van der Waals surface area (Å²) >= 11 is 0. The Labute approximate surface area is 198 Å². The number of imide groups is 1. The molecule has 0 radical (unpaired) electrons. The number of esters is 1. The molecule has 2 aromatic carbocycles. The predicted molar refractivity (Wildman–Crippen MR) is 124 cm³/mol. The fraction of sp³-hybridized carbons (Fsp3) is 0.360. The monoisotopic (exact) mass is 470 g/mol. The molecule has 2 amide bonds. The van der Waals surface area contributed by atoms with Gasteiger partial charge in [0.1, 0.15) is 18.0 Å². The van der Waals surface area contributed by atoms with Gasteiger partial charge in [-0.3, -0.25) is 19.7 Å². The quantitative estimate of drug-likeness (QED) is 0.422. The molecule has 0 aliphatic heterocycles. The van der Waals surface area contributed by atoms with E-state index in [1.54, 1.807) is 20.8 Å². The van der Waals surface area contributed by atoms with Crippen molar-refractivity contribution in [2.75, 3.05) is 7.11 Å². The highest BCUT2D eigenvalue weighted by molar-refractivity contribution is 6.02. The molecule has 0 saturated carbocycles. The van der Waals surface area contributed by atoms with Crippen molar-refractivity contribution in [1.29, 1.82) is 0 Å². The lowest BCUT2D eigenvalue weighted by atomic mass is 9.99. The molecule has 9 heteroatoms. The average molecular weight is 471 g/mol. The minimum Gasteiger partial charge on any atom is -0.496 e. The zero-order valence-corrected chi connectivity index (χ0v) is 19.8. The van der Waals surface area contributed by atoms with Crippen LogP contribution >= 0.6 is 0 Å². The third kappa shape index (κ3) is 8.67. The van der Waals surface area contributed by atoms with E-state index in [9.17, 15) is 19.2 Å². The minimum absolute atomic E-state index is 0.0917. The van der Waals surface area contributed by atoms with Gasteiger partial charge in [-0.1, -0.05) is 42.5 Å². The molecule has 0 aromatic heterocycles. The van der Waals surface area contributed by atoms with Crippen molar-refractivity contribution in [3.05, 3.63) is 65.2 Å². The van der Waals surface area contributed by atoms with E-state index in [0.29, 0.717) is 5.56 Å². The Bertz CT molecular complexity index is 1030. The second-order valence-electron chi connectivity index (χ2n) is 8.57. The maximum absolute atomic E-state index is 12.7. The molecule has 0 aliphatic rings. The minimum atomic E-state index is -1.10. The summed E-state index contributed by atoms with van der Waals surface area (Å²) in [6, 6.07) is 12.5. The van der Waals surface area contributed by atoms with Crippen molar-refractivity contribution in [3.8, 4) is 5.75 Å². The highest BCUT2D eigenvalue weighted by atomic mass is 16.6. The molecule has 34 heavy (non-hydrogen) atoms. The Morgan fingerprint density at radius 3 is 2.32 bits per heavy atom.